The molecule has 1 aromatic carbocycles. The van der Waals surface area contributed by atoms with Crippen LogP contribution in [0.25, 0.3) is 0 Å². The molecule has 0 aliphatic heterocycles. The minimum absolute atomic E-state index is 0.751. The Morgan fingerprint density at radius 3 is 2.60 bits per heavy atom. The van der Waals surface area contributed by atoms with E-state index in [1.165, 1.54) is 48.9 Å². The van der Waals surface area contributed by atoms with E-state index in [1.807, 2.05) is 6.20 Å². The zero-order valence-electron chi connectivity index (χ0n) is 16.4. The van der Waals surface area contributed by atoms with Gasteiger partial charge in [0, 0.05) is 30.5 Å². The first-order valence-corrected chi connectivity index (χ1v) is 9.59. The third-order valence-electron chi connectivity index (χ3n) is 5.28. The molecule has 0 heterocycles. The van der Waals surface area contributed by atoms with E-state index < -0.39 is 0 Å². The molecule has 0 spiro atoms. The number of anilines is 1. The third kappa shape index (κ3) is 5.93. The molecule has 0 unspecified atom stereocenters. The molecule has 138 valence electrons. The fourth-order valence-corrected chi connectivity index (χ4v) is 3.75. The van der Waals surface area contributed by atoms with Crippen molar-refractivity contribution < 1.29 is 0 Å². The zero-order valence-corrected chi connectivity index (χ0v) is 16.4. The lowest BCUT2D eigenvalue weighted by molar-refractivity contribution is 0.193. The quantitative estimate of drug-likeness (QED) is 0.707. The smallest absolute Gasteiger partial charge is 0.0616 e. The molecule has 1 fully saturated rings. The van der Waals surface area contributed by atoms with Crippen LogP contribution in [0.3, 0.4) is 0 Å². The van der Waals surface area contributed by atoms with Gasteiger partial charge >= 0.3 is 0 Å². The Kier molecular flexibility index (Phi) is 7.57. The number of hydrogen-bond donors (Lipinski definition) is 1. The van der Waals surface area contributed by atoms with Gasteiger partial charge in [0.05, 0.1) is 6.54 Å². The fraction of sp³-hybridized carbons (Fsp3) is 0.545. The Bertz CT molecular complexity index is 573. The lowest BCUT2D eigenvalue weighted by atomic mass is 9.94. The molecule has 25 heavy (non-hydrogen) atoms. The largest absolute Gasteiger partial charge is 0.386 e. The molecule has 0 amide bonds. The number of likely N-dealkylation sites (N-methyl/N-ethyl adjacent to an activating group) is 1. The van der Waals surface area contributed by atoms with E-state index in [9.17, 15) is 0 Å². The van der Waals surface area contributed by atoms with Gasteiger partial charge in [0.25, 0.3) is 0 Å². The summed E-state index contributed by atoms with van der Waals surface area (Å²) in [5.74, 6) is 0. The summed E-state index contributed by atoms with van der Waals surface area (Å²) in [4.78, 5) is 4.67. The van der Waals surface area contributed by atoms with E-state index in [-0.39, 0.29) is 0 Å². The van der Waals surface area contributed by atoms with Gasteiger partial charge in [0.1, 0.15) is 0 Å². The van der Waals surface area contributed by atoms with E-state index in [2.05, 4.69) is 67.4 Å². The predicted octanol–water partition coefficient (Wildman–Crippen LogP) is 4.62. The van der Waals surface area contributed by atoms with Crippen LogP contribution in [0.1, 0.15) is 43.2 Å². The number of aryl methyl sites for hydroxylation is 2. The van der Waals surface area contributed by atoms with Gasteiger partial charge in [0.2, 0.25) is 0 Å². The van der Waals surface area contributed by atoms with E-state index in [0.717, 1.165) is 31.4 Å². The van der Waals surface area contributed by atoms with Crippen molar-refractivity contribution in [2.45, 2.75) is 52.0 Å². The topological polar surface area (TPSA) is 18.5 Å². The van der Waals surface area contributed by atoms with Crippen LogP contribution in [-0.4, -0.2) is 37.6 Å². The Balaban J connectivity index is 1.78. The summed E-state index contributed by atoms with van der Waals surface area (Å²) >= 11 is 0. The first-order valence-electron chi connectivity index (χ1n) is 9.59. The van der Waals surface area contributed by atoms with Crippen molar-refractivity contribution in [1.29, 1.82) is 0 Å². The summed E-state index contributed by atoms with van der Waals surface area (Å²) in [6.07, 6.45) is 8.79. The van der Waals surface area contributed by atoms with Crippen LogP contribution in [0, 0.1) is 13.8 Å². The molecule has 0 bridgehead atoms. The SMILES string of the molecule is C=CN(CC(=C)NCCN(C)C1CCCCC1)c1ccc(C)cc1C. The van der Waals surface area contributed by atoms with Gasteiger partial charge in [-0.25, -0.2) is 0 Å². The van der Waals surface area contributed by atoms with E-state index in [1.54, 1.807) is 0 Å². The minimum atomic E-state index is 0.751. The number of hydrogen-bond acceptors (Lipinski definition) is 3. The van der Waals surface area contributed by atoms with Crippen LogP contribution in [-0.2, 0) is 0 Å². The second-order valence-corrected chi connectivity index (χ2v) is 7.40. The Morgan fingerprint density at radius 1 is 1.24 bits per heavy atom. The lowest BCUT2D eigenvalue weighted by Crippen LogP contribution is -2.38. The molecule has 0 radical (unpaired) electrons. The van der Waals surface area contributed by atoms with Gasteiger partial charge < -0.3 is 15.1 Å². The first-order chi connectivity index (χ1) is 12.0. The van der Waals surface area contributed by atoms with Crippen molar-refractivity contribution in [1.82, 2.24) is 10.2 Å². The number of benzene rings is 1. The summed E-state index contributed by atoms with van der Waals surface area (Å²) in [6.45, 7) is 15.2. The summed E-state index contributed by atoms with van der Waals surface area (Å²) in [7, 11) is 2.26. The predicted molar refractivity (Wildman–Crippen MR) is 110 cm³/mol. The first kappa shape index (κ1) is 19.6. The van der Waals surface area contributed by atoms with Crippen molar-refractivity contribution in [3.8, 4) is 0 Å². The molecule has 1 saturated carbocycles. The van der Waals surface area contributed by atoms with E-state index in [0.29, 0.717) is 0 Å². The normalized spacial score (nSPS) is 15.2. The average molecular weight is 342 g/mol. The van der Waals surface area contributed by atoms with Crippen molar-refractivity contribution in [2.24, 2.45) is 0 Å². The molecular weight excluding hydrogens is 306 g/mol. The molecule has 1 N–H and O–H groups in total. The highest BCUT2D eigenvalue weighted by atomic mass is 15.2. The lowest BCUT2D eigenvalue weighted by Gasteiger charge is -2.31. The number of nitrogens with zero attached hydrogens (tertiary/aromatic N) is 2. The monoisotopic (exact) mass is 341 g/mol. The van der Waals surface area contributed by atoms with Crippen molar-refractivity contribution >= 4 is 5.69 Å². The average Bonchev–Trinajstić information content (AvgIpc) is 2.61. The summed E-state index contributed by atoms with van der Waals surface area (Å²) in [6, 6.07) is 7.29. The summed E-state index contributed by atoms with van der Waals surface area (Å²) in [5.41, 5.74) is 4.79. The highest BCUT2D eigenvalue weighted by molar-refractivity contribution is 5.57. The van der Waals surface area contributed by atoms with Crippen LogP contribution in [0.2, 0.25) is 0 Å². The second-order valence-electron chi connectivity index (χ2n) is 7.40. The summed E-state index contributed by atoms with van der Waals surface area (Å²) < 4.78 is 0. The molecule has 1 aliphatic rings. The molecule has 3 heteroatoms. The van der Waals surface area contributed by atoms with Gasteiger partial charge in [-0.2, -0.15) is 0 Å². The van der Waals surface area contributed by atoms with Crippen LogP contribution < -0.4 is 10.2 Å². The molecule has 3 nitrogen and oxygen atoms in total. The van der Waals surface area contributed by atoms with Crippen molar-refractivity contribution in [3.63, 3.8) is 0 Å². The highest BCUT2D eigenvalue weighted by Gasteiger charge is 2.17. The molecular formula is C22H35N3. The van der Waals surface area contributed by atoms with E-state index >= 15 is 0 Å². The molecule has 0 saturated heterocycles. The maximum atomic E-state index is 4.21. The van der Waals surface area contributed by atoms with Crippen molar-refractivity contribution in [3.05, 3.63) is 54.4 Å². The van der Waals surface area contributed by atoms with Crippen LogP contribution >= 0.6 is 0 Å². The molecule has 1 aromatic rings. The molecule has 0 atom stereocenters. The highest BCUT2D eigenvalue weighted by Crippen LogP contribution is 2.22. The van der Waals surface area contributed by atoms with Crippen LogP contribution in [0.4, 0.5) is 5.69 Å². The third-order valence-corrected chi connectivity index (χ3v) is 5.28. The van der Waals surface area contributed by atoms with Crippen LogP contribution in [0.5, 0.6) is 0 Å². The maximum absolute atomic E-state index is 4.21. The van der Waals surface area contributed by atoms with Gasteiger partial charge in [0.15, 0.2) is 0 Å². The Morgan fingerprint density at radius 2 is 1.96 bits per heavy atom. The van der Waals surface area contributed by atoms with E-state index in [4.69, 9.17) is 0 Å². The van der Waals surface area contributed by atoms with Gasteiger partial charge in [-0.15, -0.1) is 0 Å². The standard InChI is InChI=1S/C22H35N3/c1-6-25(22-13-12-18(2)16-19(22)3)17-20(4)23-14-15-24(5)21-10-8-7-9-11-21/h6,12-13,16,21,23H,1,4,7-11,14-15,17H2,2-3,5H3. The summed E-state index contributed by atoms with van der Waals surface area (Å²) in [5, 5.41) is 3.49. The zero-order chi connectivity index (χ0) is 18.2. The number of rotatable bonds is 9. The molecule has 2 rings (SSSR count). The Labute approximate surface area is 154 Å². The minimum Gasteiger partial charge on any atom is -0.386 e. The van der Waals surface area contributed by atoms with Crippen LogP contribution in [0.15, 0.2) is 43.3 Å². The maximum Gasteiger partial charge on any atom is 0.0616 e. The second kappa shape index (κ2) is 9.67. The van der Waals surface area contributed by atoms with Gasteiger partial charge in [-0.3, -0.25) is 0 Å². The Hall–Kier alpha value is -1.74. The van der Waals surface area contributed by atoms with Gasteiger partial charge in [-0.1, -0.05) is 50.1 Å². The number of nitrogens with one attached hydrogen (secondary N) is 1. The molecule has 0 aromatic heterocycles. The van der Waals surface area contributed by atoms with Gasteiger partial charge in [-0.05, 0) is 51.6 Å². The molecule has 1 aliphatic carbocycles. The van der Waals surface area contributed by atoms with Crippen molar-refractivity contribution in [2.75, 3.05) is 31.6 Å². The fourth-order valence-electron chi connectivity index (χ4n) is 3.75.